The first-order valence-electron chi connectivity index (χ1n) is 7.20. The maximum Gasteiger partial charge on any atom is 0.152 e. The van der Waals surface area contributed by atoms with E-state index in [1.54, 1.807) is 6.20 Å². The molecule has 1 aliphatic rings. The highest BCUT2D eigenvalue weighted by Gasteiger charge is 2.20. The van der Waals surface area contributed by atoms with Crippen molar-refractivity contribution in [2.24, 2.45) is 5.92 Å². The second-order valence-corrected chi connectivity index (χ2v) is 6.50. The fourth-order valence-electron chi connectivity index (χ4n) is 2.41. The van der Waals surface area contributed by atoms with E-state index in [1.807, 2.05) is 10.7 Å². The molecule has 0 spiro atoms. The van der Waals surface area contributed by atoms with E-state index in [1.165, 1.54) is 0 Å². The molecule has 0 amide bonds. The van der Waals surface area contributed by atoms with Gasteiger partial charge in [-0.3, -0.25) is 0 Å². The Morgan fingerprint density at radius 3 is 3.00 bits per heavy atom. The third kappa shape index (κ3) is 2.63. The molecule has 1 aliphatic heterocycles. The zero-order valence-electron chi connectivity index (χ0n) is 12.4. The van der Waals surface area contributed by atoms with Gasteiger partial charge in [0.1, 0.15) is 5.52 Å². The molecule has 0 aliphatic carbocycles. The van der Waals surface area contributed by atoms with Crippen LogP contribution in [0.4, 0.5) is 5.82 Å². The Balaban J connectivity index is 1.84. The monoisotopic (exact) mass is 274 g/mol. The van der Waals surface area contributed by atoms with Gasteiger partial charge in [-0.05, 0) is 12.5 Å². The molecule has 5 heteroatoms. The minimum atomic E-state index is 0.0442. The van der Waals surface area contributed by atoms with Crippen molar-refractivity contribution >= 4 is 11.3 Å². The van der Waals surface area contributed by atoms with E-state index in [0.717, 1.165) is 43.2 Å². The van der Waals surface area contributed by atoms with Crippen LogP contribution in [0.2, 0.25) is 0 Å². The second kappa shape index (κ2) is 5.05. The first kappa shape index (κ1) is 13.4. The van der Waals surface area contributed by atoms with E-state index < -0.39 is 0 Å². The summed E-state index contributed by atoms with van der Waals surface area (Å²) < 4.78 is 7.31. The lowest BCUT2D eigenvalue weighted by Gasteiger charge is -2.13. The van der Waals surface area contributed by atoms with Crippen LogP contribution in [0, 0.1) is 5.92 Å². The summed E-state index contributed by atoms with van der Waals surface area (Å²) in [5.74, 6) is 1.49. The van der Waals surface area contributed by atoms with Crippen molar-refractivity contribution in [3.8, 4) is 0 Å². The van der Waals surface area contributed by atoms with Gasteiger partial charge in [-0.2, -0.15) is 5.10 Å². The largest absolute Gasteiger partial charge is 0.381 e. The summed E-state index contributed by atoms with van der Waals surface area (Å²) in [6.45, 7) is 9.15. The number of hydrogen-bond acceptors (Lipinski definition) is 4. The number of hydrogen-bond donors (Lipinski definition) is 1. The first-order valence-corrected chi connectivity index (χ1v) is 7.20. The number of anilines is 1. The van der Waals surface area contributed by atoms with Gasteiger partial charge < -0.3 is 10.1 Å². The van der Waals surface area contributed by atoms with Crippen molar-refractivity contribution in [2.45, 2.75) is 32.6 Å². The Morgan fingerprint density at radius 1 is 1.45 bits per heavy atom. The van der Waals surface area contributed by atoms with Crippen molar-refractivity contribution in [3.05, 3.63) is 24.2 Å². The van der Waals surface area contributed by atoms with Gasteiger partial charge in [0, 0.05) is 36.9 Å². The number of ether oxygens (including phenoxy) is 1. The molecule has 0 aromatic carbocycles. The topological polar surface area (TPSA) is 51.5 Å². The van der Waals surface area contributed by atoms with Crippen molar-refractivity contribution in [3.63, 3.8) is 0 Å². The number of rotatable bonds is 3. The van der Waals surface area contributed by atoms with Crippen molar-refractivity contribution in [1.82, 2.24) is 14.6 Å². The van der Waals surface area contributed by atoms with Crippen molar-refractivity contribution < 1.29 is 4.74 Å². The Labute approximate surface area is 119 Å². The highest BCUT2D eigenvalue weighted by Crippen LogP contribution is 2.25. The van der Waals surface area contributed by atoms with Gasteiger partial charge in [0.05, 0.1) is 12.3 Å². The van der Waals surface area contributed by atoms with Crippen LogP contribution in [-0.4, -0.2) is 34.4 Å². The predicted octanol–water partition coefficient (Wildman–Crippen LogP) is 2.48. The van der Waals surface area contributed by atoms with E-state index >= 15 is 0 Å². The number of nitrogens with zero attached hydrogens (tertiary/aromatic N) is 3. The van der Waals surface area contributed by atoms with E-state index in [0.29, 0.717) is 5.92 Å². The average Bonchev–Trinajstić information content (AvgIpc) is 3.04. The number of nitrogens with one attached hydrogen (secondary N) is 1. The number of aromatic nitrogens is 3. The molecule has 3 heterocycles. The summed E-state index contributed by atoms with van der Waals surface area (Å²) in [4.78, 5) is 4.45. The van der Waals surface area contributed by atoms with Crippen molar-refractivity contribution in [2.75, 3.05) is 25.1 Å². The van der Waals surface area contributed by atoms with Gasteiger partial charge in [-0.15, -0.1) is 0 Å². The van der Waals surface area contributed by atoms with Crippen LogP contribution in [0.3, 0.4) is 0 Å². The predicted molar refractivity (Wildman–Crippen MR) is 79.1 cm³/mol. The maximum atomic E-state index is 5.40. The van der Waals surface area contributed by atoms with Crippen LogP contribution >= 0.6 is 0 Å². The Bertz CT molecular complexity index is 593. The van der Waals surface area contributed by atoms with Gasteiger partial charge in [0.2, 0.25) is 0 Å². The average molecular weight is 274 g/mol. The lowest BCUT2D eigenvalue weighted by atomic mass is 9.92. The molecule has 2 aromatic rings. The molecule has 108 valence electrons. The smallest absolute Gasteiger partial charge is 0.152 e. The van der Waals surface area contributed by atoms with Gasteiger partial charge in [-0.25, -0.2) is 9.50 Å². The summed E-state index contributed by atoms with van der Waals surface area (Å²) in [6.07, 6.45) is 4.82. The molecule has 1 fully saturated rings. The highest BCUT2D eigenvalue weighted by atomic mass is 16.5. The van der Waals surface area contributed by atoms with Crippen LogP contribution in [0.15, 0.2) is 18.5 Å². The zero-order valence-corrected chi connectivity index (χ0v) is 12.4. The normalized spacial score (nSPS) is 19.6. The van der Waals surface area contributed by atoms with E-state index in [9.17, 15) is 0 Å². The summed E-state index contributed by atoms with van der Waals surface area (Å²) >= 11 is 0. The van der Waals surface area contributed by atoms with Crippen LogP contribution < -0.4 is 5.32 Å². The van der Waals surface area contributed by atoms with Gasteiger partial charge >= 0.3 is 0 Å². The van der Waals surface area contributed by atoms with Crippen LogP contribution in [-0.2, 0) is 10.2 Å². The lowest BCUT2D eigenvalue weighted by molar-refractivity contribution is 0.187. The first-order chi connectivity index (χ1) is 9.54. The third-order valence-corrected chi connectivity index (χ3v) is 3.74. The Morgan fingerprint density at radius 2 is 2.30 bits per heavy atom. The van der Waals surface area contributed by atoms with Gasteiger partial charge in [0.15, 0.2) is 5.82 Å². The zero-order chi connectivity index (χ0) is 14.2. The molecule has 5 nitrogen and oxygen atoms in total. The van der Waals surface area contributed by atoms with Crippen molar-refractivity contribution in [1.29, 1.82) is 0 Å². The summed E-state index contributed by atoms with van der Waals surface area (Å²) in [5, 5.41) is 8.08. The quantitative estimate of drug-likeness (QED) is 0.934. The molecule has 3 rings (SSSR count). The molecular formula is C15H22N4O. The Kier molecular flexibility index (Phi) is 3.38. The number of fused-ring (bicyclic) bond motifs is 1. The standard InChI is InChI=1S/C15H22N4O/c1-15(2,3)13-8-12-14(16-5-6-19(12)18-13)17-9-11-4-7-20-10-11/h5-6,8,11H,4,7,9-10H2,1-3H3,(H,16,17). The third-order valence-electron chi connectivity index (χ3n) is 3.74. The highest BCUT2D eigenvalue weighted by molar-refractivity contribution is 5.68. The summed E-state index contributed by atoms with van der Waals surface area (Å²) in [5.41, 5.74) is 2.16. The van der Waals surface area contributed by atoms with E-state index in [2.05, 4.69) is 42.2 Å². The van der Waals surface area contributed by atoms with Crippen LogP contribution in [0.5, 0.6) is 0 Å². The molecule has 1 atom stereocenters. The van der Waals surface area contributed by atoms with Gasteiger partial charge in [-0.1, -0.05) is 20.8 Å². The van der Waals surface area contributed by atoms with Crippen LogP contribution in [0.25, 0.3) is 5.52 Å². The molecule has 2 aromatic heterocycles. The SMILES string of the molecule is CC(C)(C)c1cc2c(NCC3CCOC3)nccn2n1. The van der Waals surface area contributed by atoms with E-state index in [-0.39, 0.29) is 5.41 Å². The molecular weight excluding hydrogens is 252 g/mol. The molecule has 0 saturated carbocycles. The summed E-state index contributed by atoms with van der Waals surface area (Å²) in [6, 6.07) is 2.13. The molecule has 1 saturated heterocycles. The lowest BCUT2D eigenvalue weighted by Crippen LogP contribution is -2.15. The molecule has 0 radical (unpaired) electrons. The van der Waals surface area contributed by atoms with Gasteiger partial charge in [0.25, 0.3) is 0 Å². The summed E-state index contributed by atoms with van der Waals surface area (Å²) in [7, 11) is 0. The fourth-order valence-corrected chi connectivity index (χ4v) is 2.41. The minimum Gasteiger partial charge on any atom is -0.381 e. The minimum absolute atomic E-state index is 0.0442. The maximum absolute atomic E-state index is 5.40. The molecule has 1 N–H and O–H groups in total. The van der Waals surface area contributed by atoms with Crippen LogP contribution in [0.1, 0.15) is 32.9 Å². The van der Waals surface area contributed by atoms with E-state index in [4.69, 9.17) is 4.74 Å². The second-order valence-electron chi connectivity index (χ2n) is 6.50. The fraction of sp³-hybridized carbons (Fsp3) is 0.600. The molecule has 0 bridgehead atoms. The Hall–Kier alpha value is -1.62. The molecule has 1 unspecified atom stereocenters. The molecule has 20 heavy (non-hydrogen) atoms.